The molecule has 15 heavy (non-hydrogen) atoms. The molecule has 0 spiro atoms. The summed E-state index contributed by atoms with van der Waals surface area (Å²) in [4.78, 5) is 2.17. The molecule has 2 nitrogen and oxygen atoms in total. The Morgan fingerprint density at radius 3 is 2.53 bits per heavy atom. The highest BCUT2D eigenvalue weighted by atomic mass is 127. The number of hydrogen-bond acceptors (Lipinski definition) is 2. The third-order valence-electron chi connectivity index (χ3n) is 2.15. The number of halogens is 1. The monoisotopic (exact) mass is 314 g/mol. The maximum atomic E-state index is 8.69. The van der Waals surface area contributed by atoms with Gasteiger partial charge in [-0.05, 0) is 53.3 Å². The molecule has 0 amide bonds. The molecular weight excluding hydrogens is 299 g/mol. The molecule has 0 unspecified atom stereocenters. The van der Waals surface area contributed by atoms with E-state index in [0.29, 0.717) is 6.54 Å². The van der Waals surface area contributed by atoms with Crippen LogP contribution in [0.15, 0.2) is 24.3 Å². The topological polar surface area (TPSA) is 27.0 Å². The molecule has 0 bridgehead atoms. The van der Waals surface area contributed by atoms with Gasteiger partial charge in [-0.25, -0.2) is 0 Å². The lowest BCUT2D eigenvalue weighted by Gasteiger charge is -2.17. The van der Waals surface area contributed by atoms with Gasteiger partial charge in [-0.3, -0.25) is 4.90 Å². The summed E-state index contributed by atoms with van der Waals surface area (Å²) in [6.07, 6.45) is 1.09. The van der Waals surface area contributed by atoms with Crippen LogP contribution in [0.2, 0.25) is 0 Å². The van der Waals surface area contributed by atoms with Crippen molar-refractivity contribution in [2.24, 2.45) is 0 Å². The first-order chi connectivity index (χ1) is 7.26. The lowest BCUT2D eigenvalue weighted by atomic mass is 10.2. The molecule has 1 aromatic rings. The molecule has 0 fully saturated rings. The van der Waals surface area contributed by atoms with E-state index in [0.717, 1.165) is 19.5 Å². The maximum Gasteiger partial charge on any atom is 0.0868 e. The van der Waals surface area contributed by atoms with Crippen LogP contribution in [0.5, 0.6) is 0 Å². The second-order valence-corrected chi connectivity index (χ2v) is 4.74. The van der Waals surface area contributed by atoms with E-state index in [4.69, 9.17) is 5.26 Å². The number of benzene rings is 1. The Kier molecular flexibility index (Phi) is 5.66. The summed E-state index contributed by atoms with van der Waals surface area (Å²) >= 11 is 2.30. The van der Waals surface area contributed by atoms with E-state index in [9.17, 15) is 0 Å². The van der Waals surface area contributed by atoms with Gasteiger partial charge in [-0.15, -0.1) is 0 Å². The van der Waals surface area contributed by atoms with Crippen molar-refractivity contribution in [2.75, 3.05) is 13.1 Å². The first kappa shape index (κ1) is 12.5. The third-order valence-corrected chi connectivity index (χ3v) is 2.87. The van der Waals surface area contributed by atoms with E-state index in [1.165, 1.54) is 9.13 Å². The summed E-state index contributed by atoms with van der Waals surface area (Å²) in [7, 11) is 0. The molecule has 0 aliphatic rings. The Hall–Kier alpha value is -0.600. The van der Waals surface area contributed by atoms with Crippen molar-refractivity contribution in [3.8, 4) is 6.07 Å². The molecule has 0 N–H and O–H groups in total. The van der Waals surface area contributed by atoms with Gasteiger partial charge in [0.15, 0.2) is 0 Å². The molecule has 1 rings (SSSR count). The molecule has 3 heteroatoms. The van der Waals surface area contributed by atoms with Crippen LogP contribution in [0.4, 0.5) is 0 Å². The van der Waals surface area contributed by atoms with Crippen LogP contribution in [0.1, 0.15) is 18.9 Å². The van der Waals surface area contributed by atoms with Crippen LogP contribution in [-0.4, -0.2) is 18.0 Å². The summed E-state index contributed by atoms with van der Waals surface area (Å²) in [5.41, 5.74) is 1.28. The standard InChI is InChI=1S/C12H15IN2/c1-2-8-15(9-7-14)10-11-3-5-12(13)6-4-11/h3-6H,2,8-10H2,1H3. The van der Waals surface area contributed by atoms with Gasteiger partial charge in [0.05, 0.1) is 12.6 Å². The Morgan fingerprint density at radius 1 is 1.33 bits per heavy atom. The maximum absolute atomic E-state index is 8.69. The highest BCUT2D eigenvalue weighted by molar-refractivity contribution is 14.1. The van der Waals surface area contributed by atoms with Crippen LogP contribution in [0.3, 0.4) is 0 Å². The Balaban J connectivity index is 2.57. The van der Waals surface area contributed by atoms with E-state index in [-0.39, 0.29) is 0 Å². The molecular formula is C12H15IN2. The zero-order valence-corrected chi connectivity index (χ0v) is 11.1. The number of hydrogen-bond donors (Lipinski definition) is 0. The molecule has 0 saturated carbocycles. The van der Waals surface area contributed by atoms with Gasteiger partial charge >= 0.3 is 0 Å². The molecule has 1 aromatic carbocycles. The van der Waals surface area contributed by atoms with E-state index < -0.39 is 0 Å². The molecule has 0 aliphatic heterocycles. The van der Waals surface area contributed by atoms with E-state index >= 15 is 0 Å². The minimum Gasteiger partial charge on any atom is -0.286 e. The lowest BCUT2D eigenvalue weighted by Crippen LogP contribution is -2.24. The molecule has 0 heterocycles. The molecule has 80 valence electrons. The summed E-state index contributed by atoms with van der Waals surface area (Å²) < 4.78 is 1.25. The zero-order chi connectivity index (χ0) is 11.1. The summed E-state index contributed by atoms with van der Waals surface area (Å²) in [5, 5.41) is 8.69. The summed E-state index contributed by atoms with van der Waals surface area (Å²) in [6.45, 7) is 4.51. The Bertz CT molecular complexity index is 326. The zero-order valence-electron chi connectivity index (χ0n) is 8.91. The minimum atomic E-state index is 0.514. The Labute approximate surface area is 105 Å². The fourth-order valence-corrected chi connectivity index (χ4v) is 1.84. The number of nitriles is 1. The van der Waals surface area contributed by atoms with Gasteiger partial charge in [0.2, 0.25) is 0 Å². The predicted octanol–water partition coefficient (Wildman–Crippen LogP) is 3.03. The van der Waals surface area contributed by atoms with Crippen molar-refractivity contribution in [1.82, 2.24) is 4.90 Å². The van der Waals surface area contributed by atoms with Crippen molar-refractivity contribution in [1.29, 1.82) is 5.26 Å². The van der Waals surface area contributed by atoms with Gasteiger partial charge in [-0.1, -0.05) is 19.1 Å². The van der Waals surface area contributed by atoms with Crippen molar-refractivity contribution in [2.45, 2.75) is 19.9 Å². The van der Waals surface area contributed by atoms with Gasteiger partial charge in [-0.2, -0.15) is 5.26 Å². The normalized spacial score (nSPS) is 10.3. The van der Waals surface area contributed by atoms with Crippen LogP contribution in [0.25, 0.3) is 0 Å². The summed E-state index contributed by atoms with van der Waals surface area (Å²) in [5.74, 6) is 0. The molecule has 0 radical (unpaired) electrons. The second kappa shape index (κ2) is 6.81. The van der Waals surface area contributed by atoms with Gasteiger partial charge in [0.25, 0.3) is 0 Å². The smallest absolute Gasteiger partial charge is 0.0868 e. The highest BCUT2D eigenvalue weighted by Crippen LogP contribution is 2.09. The molecule has 0 atom stereocenters. The van der Waals surface area contributed by atoms with Crippen LogP contribution in [0, 0.1) is 14.9 Å². The van der Waals surface area contributed by atoms with E-state index in [1.807, 2.05) is 0 Å². The van der Waals surface area contributed by atoms with Gasteiger partial charge < -0.3 is 0 Å². The first-order valence-corrected chi connectivity index (χ1v) is 6.18. The number of rotatable bonds is 5. The third kappa shape index (κ3) is 4.63. The summed E-state index contributed by atoms with van der Waals surface area (Å²) in [6, 6.07) is 10.7. The predicted molar refractivity (Wildman–Crippen MR) is 70.3 cm³/mol. The first-order valence-electron chi connectivity index (χ1n) is 5.10. The SMILES string of the molecule is CCCN(CC#N)Cc1ccc(I)cc1. The fraction of sp³-hybridized carbons (Fsp3) is 0.417. The van der Waals surface area contributed by atoms with Crippen LogP contribution >= 0.6 is 22.6 Å². The number of nitrogens with zero attached hydrogens (tertiary/aromatic N) is 2. The Morgan fingerprint density at radius 2 is 2.00 bits per heavy atom. The van der Waals surface area contributed by atoms with Gasteiger partial charge in [0.1, 0.15) is 0 Å². The molecule has 0 saturated heterocycles. The molecule has 0 aliphatic carbocycles. The van der Waals surface area contributed by atoms with Crippen molar-refractivity contribution >= 4 is 22.6 Å². The average Bonchev–Trinajstić information content (AvgIpc) is 2.22. The fourth-order valence-electron chi connectivity index (χ4n) is 1.48. The van der Waals surface area contributed by atoms with Gasteiger partial charge in [0, 0.05) is 10.1 Å². The van der Waals surface area contributed by atoms with Crippen molar-refractivity contribution in [3.63, 3.8) is 0 Å². The quantitative estimate of drug-likeness (QED) is 0.617. The average molecular weight is 314 g/mol. The lowest BCUT2D eigenvalue weighted by molar-refractivity contribution is 0.298. The second-order valence-electron chi connectivity index (χ2n) is 3.50. The highest BCUT2D eigenvalue weighted by Gasteiger charge is 2.03. The largest absolute Gasteiger partial charge is 0.286 e. The van der Waals surface area contributed by atoms with Crippen molar-refractivity contribution < 1.29 is 0 Å². The van der Waals surface area contributed by atoms with E-state index in [1.54, 1.807) is 0 Å². The minimum absolute atomic E-state index is 0.514. The van der Waals surface area contributed by atoms with Crippen LogP contribution in [-0.2, 0) is 6.54 Å². The molecule has 0 aromatic heterocycles. The van der Waals surface area contributed by atoms with E-state index in [2.05, 4.69) is 64.7 Å². The van der Waals surface area contributed by atoms with Crippen LogP contribution < -0.4 is 0 Å². The van der Waals surface area contributed by atoms with Crippen molar-refractivity contribution in [3.05, 3.63) is 33.4 Å².